The van der Waals surface area contributed by atoms with E-state index in [1.165, 1.54) is 18.2 Å². The van der Waals surface area contributed by atoms with Crippen molar-refractivity contribution in [3.8, 4) is 0 Å². The molecule has 0 radical (unpaired) electrons. The first-order chi connectivity index (χ1) is 8.53. The molecule has 18 heavy (non-hydrogen) atoms. The third kappa shape index (κ3) is 2.53. The minimum absolute atomic E-state index is 0.0369. The van der Waals surface area contributed by atoms with E-state index in [9.17, 15) is 13.2 Å². The molecule has 0 atom stereocenters. The molecular formula is C12H12O5S. The van der Waals surface area contributed by atoms with Gasteiger partial charge in [-0.2, -0.15) is 8.42 Å². The first-order valence-corrected chi connectivity index (χ1v) is 6.84. The van der Waals surface area contributed by atoms with Crippen LogP contribution in [-0.2, 0) is 30.3 Å². The Balaban J connectivity index is 2.42. The fourth-order valence-corrected chi connectivity index (χ4v) is 2.57. The second-order valence-electron chi connectivity index (χ2n) is 3.68. The van der Waals surface area contributed by atoms with Crippen LogP contribution in [0.2, 0.25) is 0 Å². The van der Waals surface area contributed by atoms with Crippen molar-refractivity contribution in [2.24, 2.45) is 0 Å². The van der Waals surface area contributed by atoms with E-state index in [4.69, 9.17) is 8.92 Å². The van der Waals surface area contributed by atoms with E-state index in [1.54, 1.807) is 19.1 Å². The van der Waals surface area contributed by atoms with Crippen LogP contribution in [0.25, 0.3) is 0 Å². The zero-order valence-corrected chi connectivity index (χ0v) is 10.6. The van der Waals surface area contributed by atoms with E-state index >= 15 is 0 Å². The Kier molecular flexibility index (Phi) is 3.38. The van der Waals surface area contributed by atoms with Gasteiger partial charge < -0.3 is 8.92 Å². The Morgan fingerprint density at radius 3 is 2.94 bits per heavy atom. The van der Waals surface area contributed by atoms with E-state index in [2.05, 4.69) is 0 Å². The molecule has 1 aromatic rings. The number of hydrogen-bond donors (Lipinski definition) is 0. The third-order valence-corrected chi connectivity index (χ3v) is 3.62. The molecule has 0 unspecified atom stereocenters. The van der Waals surface area contributed by atoms with Gasteiger partial charge in [-0.25, -0.2) is 4.79 Å². The number of allylic oxidation sites excluding steroid dienone is 1. The Labute approximate surface area is 105 Å². The van der Waals surface area contributed by atoms with E-state index in [0.717, 1.165) is 5.56 Å². The van der Waals surface area contributed by atoms with Crippen molar-refractivity contribution >= 4 is 16.1 Å². The lowest BCUT2D eigenvalue weighted by molar-refractivity contribution is -0.141. The van der Waals surface area contributed by atoms with Gasteiger partial charge >= 0.3 is 16.1 Å². The molecule has 6 heteroatoms. The van der Waals surface area contributed by atoms with Gasteiger partial charge in [-0.05, 0) is 37.1 Å². The Bertz CT molecular complexity index is 601. The maximum atomic E-state index is 11.9. The van der Waals surface area contributed by atoms with Crippen LogP contribution in [0.1, 0.15) is 12.5 Å². The van der Waals surface area contributed by atoms with Gasteiger partial charge in [-0.15, -0.1) is 0 Å². The average Bonchev–Trinajstić information content (AvgIpc) is 2.34. The maximum absolute atomic E-state index is 11.9. The predicted octanol–water partition coefficient (Wildman–Crippen LogP) is 1.40. The molecule has 96 valence electrons. The molecule has 5 nitrogen and oxygen atoms in total. The van der Waals surface area contributed by atoms with Crippen LogP contribution in [0, 0.1) is 0 Å². The number of benzene rings is 1. The molecule has 0 amide bonds. The highest BCUT2D eigenvalue weighted by Crippen LogP contribution is 2.21. The van der Waals surface area contributed by atoms with E-state index in [-0.39, 0.29) is 17.3 Å². The molecule has 1 aliphatic heterocycles. The Morgan fingerprint density at radius 1 is 1.44 bits per heavy atom. The van der Waals surface area contributed by atoms with E-state index in [0.29, 0.717) is 6.42 Å². The van der Waals surface area contributed by atoms with Gasteiger partial charge in [-0.1, -0.05) is 12.1 Å². The van der Waals surface area contributed by atoms with Crippen LogP contribution in [0.3, 0.4) is 0 Å². The molecule has 0 N–H and O–H groups in total. The van der Waals surface area contributed by atoms with Gasteiger partial charge in [0.2, 0.25) is 5.76 Å². The van der Waals surface area contributed by atoms with Gasteiger partial charge in [0.1, 0.15) is 4.90 Å². The number of esters is 1. The molecule has 2 rings (SSSR count). The zero-order chi connectivity index (χ0) is 13.2. The summed E-state index contributed by atoms with van der Waals surface area (Å²) in [4.78, 5) is 11.6. The topological polar surface area (TPSA) is 69.7 Å². The summed E-state index contributed by atoms with van der Waals surface area (Å²) in [7, 11) is -3.96. The minimum atomic E-state index is -3.96. The lowest BCUT2D eigenvalue weighted by atomic mass is 10.1. The summed E-state index contributed by atoms with van der Waals surface area (Å²) in [5.74, 6) is -1.06. The molecule has 1 heterocycles. The molecule has 0 aliphatic carbocycles. The summed E-state index contributed by atoms with van der Waals surface area (Å²) in [5.41, 5.74) is 0.793. The van der Waals surface area contributed by atoms with Crippen molar-refractivity contribution in [1.29, 1.82) is 0 Å². The molecular weight excluding hydrogens is 256 g/mol. The average molecular weight is 268 g/mol. The molecule has 2 bridgehead atoms. The first-order valence-electron chi connectivity index (χ1n) is 5.43. The maximum Gasteiger partial charge on any atom is 0.375 e. The van der Waals surface area contributed by atoms with Crippen LogP contribution in [0.4, 0.5) is 0 Å². The number of rotatable bonds is 2. The van der Waals surface area contributed by atoms with Crippen LogP contribution >= 0.6 is 0 Å². The standard InChI is InChI=1S/C12H12O5S/c1-2-16-12(13)11-7-6-9-4-3-5-10(8-9)18(14,15)17-11/h3-5,7-8H,2,6H2,1H3. The summed E-state index contributed by atoms with van der Waals surface area (Å²) in [6.45, 7) is 1.79. The summed E-state index contributed by atoms with van der Waals surface area (Å²) in [5, 5.41) is 0. The molecule has 1 aliphatic rings. The number of hydrogen-bond acceptors (Lipinski definition) is 5. The first kappa shape index (κ1) is 12.6. The predicted molar refractivity (Wildman–Crippen MR) is 63.1 cm³/mol. The van der Waals surface area contributed by atoms with Gasteiger partial charge in [0, 0.05) is 0 Å². The van der Waals surface area contributed by atoms with Crippen molar-refractivity contribution in [2.75, 3.05) is 6.61 Å². The van der Waals surface area contributed by atoms with Crippen LogP contribution in [0.5, 0.6) is 0 Å². The van der Waals surface area contributed by atoms with Crippen LogP contribution in [-0.4, -0.2) is 21.0 Å². The fraction of sp³-hybridized carbons (Fsp3) is 0.250. The second-order valence-corrected chi connectivity index (χ2v) is 5.22. The van der Waals surface area contributed by atoms with Gasteiger partial charge in [-0.3, -0.25) is 0 Å². The molecule has 1 aromatic carbocycles. The minimum Gasteiger partial charge on any atom is -0.460 e. The SMILES string of the molecule is CCOC(=O)C1=CCc2cccc(c2)S(=O)(=O)O1. The normalized spacial score (nSPS) is 16.8. The number of carbonyl (C=O) groups excluding carboxylic acids is 1. The highest BCUT2D eigenvalue weighted by molar-refractivity contribution is 7.86. The summed E-state index contributed by atoms with van der Waals surface area (Å²) in [6, 6.07) is 6.36. The van der Waals surface area contributed by atoms with Crippen molar-refractivity contribution in [3.05, 3.63) is 41.7 Å². The van der Waals surface area contributed by atoms with E-state index < -0.39 is 16.1 Å². The number of carbonyl (C=O) groups is 1. The van der Waals surface area contributed by atoms with Crippen molar-refractivity contribution in [2.45, 2.75) is 18.2 Å². The molecule has 0 saturated heterocycles. The van der Waals surface area contributed by atoms with Crippen LogP contribution in [0.15, 0.2) is 41.0 Å². The van der Waals surface area contributed by atoms with Crippen molar-refractivity contribution in [3.63, 3.8) is 0 Å². The fourth-order valence-electron chi connectivity index (χ4n) is 1.56. The molecule has 0 fully saturated rings. The van der Waals surface area contributed by atoms with Gasteiger partial charge in [0.15, 0.2) is 0 Å². The summed E-state index contributed by atoms with van der Waals surface area (Å²) >= 11 is 0. The summed E-state index contributed by atoms with van der Waals surface area (Å²) in [6.07, 6.45) is 1.82. The summed E-state index contributed by atoms with van der Waals surface area (Å²) < 4.78 is 33.3. The lowest BCUT2D eigenvalue weighted by Gasteiger charge is -2.13. The lowest BCUT2D eigenvalue weighted by Crippen LogP contribution is -2.17. The largest absolute Gasteiger partial charge is 0.460 e. The highest BCUT2D eigenvalue weighted by Gasteiger charge is 2.24. The van der Waals surface area contributed by atoms with E-state index in [1.807, 2.05) is 0 Å². The van der Waals surface area contributed by atoms with Gasteiger partial charge in [0.25, 0.3) is 0 Å². The molecule has 0 aromatic heterocycles. The Morgan fingerprint density at radius 2 is 2.22 bits per heavy atom. The Hall–Kier alpha value is -1.82. The number of fused-ring (bicyclic) bond motifs is 2. The van der Waals surface area contributed by atoms with Crippen molar-refractivity contribution in [1.82, 2.24) is 0 Å². The third-order valence-electron chi connectivity index (χ3n) is 2.39. The van der Waals surface area contributed by atoms with Gasteiger partial charge in [0.05, 0.1) is 6.61 Å². The highest BCUT2D eigenvalue weighted by atomic mass is 32.2. The smallest absolute Gasteiger partial charge is 0.375 e. The monoisotopic (exact) mass is 268 g/mol. The van der Waals surface area contributed by atoms with Crippen molar-refractivity contribution < 1.29 is 22.1 Å². The molecule has 0 spiro atoms. The second kappa shape index (κ2) is 4.81. The molecule has 0 saturated carbocycles. The quantitative estimate of drug-likeness (QED) is 0.599. The number of ether oxygens (including phenoxy) is 1. The zero-order valence-electron chi connectivity index (χ0n) is 9.75. The van der Waals surface area contributed by atoms with Crippen LogP contribution < -0.4 is 0 Å².